The standard InChI is InChI=1S/C11H13NO8S/c1-7(13)10(11(14)19-2)20-21(17,18)9-5-3-8(4-6-9)12(15)16/h3-7,10,13H,1-2H3/t7-,10+/m1/s1. The third kappa shape index (κ3) is 4.21. The monoisotopic (exact) mass is 319 g/mol. The van der Waals surface area contributed by atoms with Gasteiger partial charge in [-0.25, -0.2) is 8.98 Å². The van der Waals surface area contributed by atoms with Crippen molar-refractivity contribution in [1.29, 1.82) is 0 Å². The summed E-state index contributed by atoms with van der Waals surface area (Å²) in [5.74, 6) is -1.06. The summed E-state index contributed by atoms with van der Waals surface area (Å²) < 4.78 is 32.8. The SMILES string of the molecule is COC(=O)[C@@H](OS(=O)(=O)c1ccc([N+](=O)[O-])cc1)[C@@H](C)O. The molecule has 1 N–H and O–H groups in total. The van der Waals surface area contributed by atoms with Crippen molar-refractivity contribution in [3.05, 3.63) is 34.4 Å². The van der Waals surface area contributed by atoms with E-state index in [9.17, 15) is 28.4 Å². The molecule has 1 rings (SSSR count). The number of aliphatic hydroxyl groups is 1. The van der Waals surface area contributed by atoms with Crippen LogP contribution in [0.1, 0.15) is 6.92 Å². The van der Waals surface area contributed by atoms with Crippen molar-refractivity contribution in [3.63, 3.8) is 0 Å². The molecule has 0 amide bonds. The molecule has 0 saturated carbocycles. The molecule has 0 aromatic heterocycles. The van der Waals surface area contributed by atoms with Gasteiger partial charge in [0.05, 0.1) is 23.0 Å². The minimum atomic E-state index is -4.39. The number of nitrogens with zero attached hydrogens (tertiary/aromatic N) is 1. The van der Waals surface area contributed by atoms with Crippen molar-refractivity contribution in [3.8, 4) is 0 Å². The number of nitro benzene ring substituents is 1. The molecule has 0 aliphatic heterocycles. The highest BCUT2D eigenvalue weighted by molar-refractivity contribution is 7.86. The first-order valence-corrected chi connectivity index (χ1v) is 7.03. The van der Waals surface area contributed by atoms with Crippen molar-refractivity contribution < 1.29 is 32.2 Å². The molecule has 0 unspecified atom stereocenters. The Hall–Kier alpha value is -2.04. The van der Waals surface area contributed by atoms with E-state index in [1.807, 2.05) is 0 Å². The van der Waals surface area contributed by atoms with Crippen molar-refractivity contribution >= 4 is 21.8 Å². The van der Waals surface area contributed by atoms with E-state index in [0.717, 1.165) is 38.3 Å². The summed E-state index contributed by atoms with van der Waals surface area (Å²) in [6, 6.07) is 3.88. The summed E-state index contributed by atoms with van der Waals surface area (Å²) in [6.45, 7) is 1.16. The number of nitro groups is 1. The van der Waals surface area contributed by atoms with Gasteiger partial charge in [-0.2, -0.15) is 8.42 Å². The van der Waals surface area contributed by atoms with Crippen molar-refractivity contribution in [2.45, 2.75) is 24.0 Å². The average Bonchev–Trinajstić information content (AvgIpc) is 2.43. The van der Waals surface area contributed by atoms with Gasteiger partial charge in [0.2, 0.25) is 0 Å². The van der Waals surface area contributed by atoms with Crippen LogP contribution in [0.4, 0.5) is 5.69 Å². The Morgan fingerprint density at radius 2 is 1.86 bits per heavy atom. The van der Waals surface area contributed by atoms with Crippen LogP contribution in [-0.2, 0) is 23.8 Å². The molecule has 0 spiro atoms. The molecular weight excluding hydrogens is 306 g/mol. The number of hydrogen-bond donors (Lipinski definition) is 1. The lowest BCUT2D eigenvalue weighted by molar-refractivity contribution is -0.384. The first-order valence-electron chi connectivity index (χ1n) is 5.62. The second-order valence-corrected chi connectivity index (χ2v) is 5.56. The van der Waals surface area contributed by atoms with E-state index < -0.39 is 33.2 Å². The Bertz CT molecular complexity index is 622. The first kappa shape index (κ1) is 17.0. The second-order valence-electron chi connectivity index (χ2n) is 3.99. The lowest BCUT2D eigenvalue weighted by Gasteiger charge is -2.17. The van der Waals surface area contributed by atoms with Gasteiger partial charge in [0.1, 0.15) is 0 Å². The summed E-state index contributed by atoms with van der Waals surface area (Å²) in [7, 11) is -3.37. The summed E-state index contributed by atoms with van der Waals surface area (Å²) in [6.07, 6.45) is -3.15. The smallest absolute Gasteiger partial charge is 0.339 e. The zero-order valence-corrected chi connectivity index (χ0v) is 11.9. The van der Waals surface area contributed by atoms with Gasteiger partial charge >= 0.3 is 5.97 Å². The normalized spacial score (nSPS) is 14.2. The maximum Gasteiger partial charge on any atom is 0.339 e. The predicted molar refractivity (Wildman–Crippen MR) is 68.9 cm³/mol. The molecule has 0 saturated heterocycles. The molecule has 0 heterocycles. The van der Waals surface area contributed by atoms with Gasteiger partial charge in [-0.3, -0.25) is 10.1 Å². The van der Waals surface area contributed by atoms with Gasteiger partial charge in [0.25, 0.3) is 15.8 Å². The van der Waals surface area contributed by atoms with Crippen LogP contribution in [0.2, 0.25) is 0 Å². The van der Waals surface area contributed by atoms with E-state index in [-0.39, 0.29) is 10.6 Å². The number of ether oxygens (including phenoxy) is 1. The van der Waals surface area contributed by atoms with Crippen LogP contribution in [0.15, 0.2) is 29.2 Å². The average molecular weight is 319 g/mol. The quantitative estimate of drug-likeness (QED) is 0.341. The lowest BCUT2D eigenvalue weighted by Crippen LogP contribution is -2.37. The van der Waals surface area contributed by atoms with Crippen molar-refractivity contribution in [2.75, 3.05) is 7.11 Å². The molecule has 2 atom stereocenters. The van der Waals surface area contributed by atoms with E-state index in [1.54, 1.807) is 0 Å². The summed E-state index contributed by atoms with van der Waals surface area (Å²) in [5, 5.41) is 19.8. The third-order valence-electron chi connectivity index (χ3n) is 2.44. The van der Waals surface area contributed by atoms with Crippen molar-refractivity contribution in [1.82, 2.24) is 0 Å². The Labute approximate surface area is 120 Å². The van der Waals surface area contributed by atoms with E-state index in [4.69, 9.17) is 0 Å². The van der Waals surface area contributed by atoms with Gasteiger partial charge in [-0.1, -0.05) is 0 Å². The number of aliphatic hydroxyl groups excluding tert-OH is 1. The molecule has 1 aromatic carbocycles. The molecule has 0 fully saturated rings. The van der Waals surface area contributed by atoms with Crippen LogP contribution in [0.3, 0.4) is 0 Å². The first-order chi connectivity index (χ1) is 9.69. The molecule has 10 heteroatoms. The largest absolute Gasteiger partial charge is 0.467 e. The molecule has 116 valence electrons. The van der Waals surface area contributed by atoms with E-state index in [2.05, 4.69) is 8.92 Å². The van der Waals surface area contributed by atoms with Crippen LogP contribution >= 0.6 is 0 Å². The summed E-state index contributed by atoms with van der Waals surface area (Å²) >= 11 is 0. The van der Waals surface area contributed by atoms with Gasteiger partial charge < -0.3 is 9.84 Å². The number of carbonyl (C=O) groups excluding carboxylic acids is 1. The van der Waals surface area contributed by atoms with Crippen LogP contribution in [0.5, 0.6) is 0 Å². The summed E-state index contributed by atoms with van der Waals surface area (Å²) in [5.41, 5.74) is -0.297. The minimum Gasteiger partial charge on any atom is -0.467 e. The predicted octanol–water partition coefficient (Wildman–Crippen LogP) is 0.222. The molecule has 0 aliphatic carbocycles. The number of methoxy groups -OCH3 is 1. The fourth-order valence-electron chi connectivity index (χ4n) is 1.36. The van der Waals surface area contributed by atoms with Crippen LogP contribution < -0.4 is 0 Å². The maximum absolute atomic E-state index is 11.9. The number of rotatable bonds is 6. The zero-order chi connectivity index (χ0) is 16.2. The fourth-order valence-corrected chi connectivity index (χ4v) is 2.45. The Balaban J connectivity index is 3.04. The molecular formula is C11H13NO8S. The highest BCUT2D eigenvalue weighted by Gasteiger charge is 2.32. The molecule has 0 radical (unpaired) electrons. The highest BCUT2D eigenvalue weighted by atomic mass is 32.2. The van der Waals surface area contributed by atoms with E-state index in [0.29, 0.717) is 0 Å². The van der Waals surface area contributed by atoms with E-state index >= 15 is 0 Å². The van der Waals surface area contributed by atoms with Crippen LogP contribution in [0.25, 0.3) is 0 Å². The molecule has 0 aliphatic rings. The number of carbonyl (C=O) groups is 1. The number of benzene rings is 1. The Morgan fingerprint density at radius 1 is 1.33 bits per heavy atom. The van der Waals surface area contributed by atoms with Gasteiger partial charge in [-0.15, -0.1) is 0 Å². The van der Waals surface area contributed by atoms with Gasteiger partial charge in [0, 0.05) is 12.1 Å². The Kier molecular flexibility index (Phi) is 5.35. The number of esters is 1. The number of non-ortho nitro benzene ring substituents is 1. The van der Waals surface area contributed by atoms with Gasteiger partial charge in [-0.05, 0) is 19.1 Å². The fraction of sp³-hybridized carbons (Fsp3) is 0.364. The maximum atomic E-state index is 11.9. The van der Waals surface area contributed by atoms with E-state index in [1.165, 1.54) is 0 Å². The lowest BCUT2D eigenvalue weighted by atomic mass is 10.2. The zero-order valence-electron chi connectivity index (χ0n) is 11.1. The molecule has 0 bridgehead atoms. The van der Waals surface area contributed by atoms with Crippen LogP contribution in [-0.4, -0.2) is 43.7 Å². The van der Waals surface area contributed by atoms with Crippen molar-refractivity contribution in [2.24, 2.45) is 0 Å². The number of hydrogen-bond acceptors (Lipinski definition) is 8. The third-order valence-corrected chi connectivity index (χ3v) is 3.75. The second kappa shape index (κ2) is 6.61. The van der Waals surface area contributed by atoms with Gasteiger partial charge in [0.15, 0.2) is 6.10 Å². The molecule has 9 nitrogen and oxygen atoms in total. The van der Waals surface area contributed by atoms with Crippen LogP contribution in [0, 0.1) is 10.1 Å². The topological polar surface area (TPSA) is 133 Å². The minimum absolute atomic E-state index is 0.297. The highest BCUT2D eigenvalue weighted by Crippen LogP contribution is 2.19. The summed E-state index contributed by atoms with van der Waals surface area (Å²) in [4.78, 5) is 20.8. The molecule has 21 heavy (non-hydrogen) atoms. The molecule has 1 aromatic rings. The Morgan fingerprint density at radius 3 is 2.24 bits per heavy atom.